The Kier molecular flexibility index (Phi) is 15.0. The van der Waals surface area contributed by atoms with Gasteiger partial charge in [0.1, 0.15) is 12.4 Å². The zero-order chi connectivity index (χ0) is 34.3. The molecule has 2 heterocycles. The van der Waals surface area contributed by atoms with E-state index in [4.69, 9.17) is 18.9 Å². The van der Waals surface area contributed by atoms with Gasteiger partial charge in [0.05, 0.1) is 49.9 Å². The molecule has 3 amide bonds. The maximum absolute atomic E-state index is 14.1. The average Bonchev–Trinajstić information content (AvgIpc) is 3.49. The van der Waals surface area contributed by atoms with E-state index in [1.165, 1.54) is 28.8 Å². The molecule has 3 N–H and O–H groups in total. The van der Waals surface area contributed by atoms with Crippen LogP contribution in [-0.2, 0) is 28.5 Å². The van der Waals surface area contributed by atoms with E-state index in [0.717, 1.165) is 13.1 Å². The van der Waals surface area contributed by atoms with Crippen molar-refractivity contribution in [3.8, 4) is 0 Å². The number of ether oxygens (including phenoxy) is 4. The molecule has 0 fully saturated rings. The van der Waals surface area contributed by atoms with Crippen molar-refractivity contribution in [2.75, 3.05) is 84.8 Å². The molecular formula is C33H46FN5O8. The van der Waals surface area contributed by atoms with Gasteiger partial charge >= 0.3 is 6.09 Å². The molecule has 47 heavy (non-hydrogen) atoms. The van der Waals surface area contributed by atoms with Crippen molar-refractivity contribution in [2.24, 2.45) is 0 Å². The quantitative estimate of drug-likeness (QED) is 0.153. The van der Waals surface area contributed by atoms with Crippen LogP contribution in [0.15, 0.2) is 18.2 Å². The van der Waals surface area contributed by atoms with E-state index < -0.39 is 17.8 Å². The van der Waals surface area contributed by atoms with Crippen molar-refractivity contribution < 1.29 is 42.5 Å². The van der Waals surface area contributed by atoms with Gasteiger partial charge in [-0.05, 0) is 56.8 Å². The summed E-state index contributed by atoms with van der Waals surface area (Å²) in [5.74, 6) is -1.53. The molecule has 258 valence electrons. The zero-order valence-electron chi connectivity index (χ0n) is 27.8. The maximum atomic E-state index is 14.1. The number of hydrogen-bond donors (Lipinski definition) is 3. The maximum Gasteiger partial charge on any atom is 0.418 e. The minimum atomic E-state index is -0.775. The lowest BCUT2D eigenvalue weighted by Crippen LogP contribution is -2.35. The molecule has 1 aliphatic rings. The van der Waals surface area contributed by atoms with Crippen LogP contribution in [0.25, 0.3) is 11.6 Å². The first kappa shape index (κ1) is 37.3. The lowest BCUT2D eigenvalue weighted by Gasteiger charge is -2.18. The van der Waals surface area contributed by atoms with Gasteiger partial charge in [-0.1, -0.05) is 13.8 Å². The van der Waals surface area contributed by atoms with E-state index in [1.54, 1.807) is 21.0 Å². The number of carbonyl (C=O) groups is 4. The summed E-state index contributed by atoms with van der Waals surface area (Å²) < 4.78 is 36.5. The van der Waals surface area contributed by atoms with Crippen molar-refractivity contribution in [3.05, 3.63) is 52.1 Å². The molecule has 1 aromatic carbocycles. The number of methoxy groups -OCH3 is 1. The number of anilines is 1. The highest BCUT2D eigenvalue weighted by Gasteiger charge is 2.29. The van der Waals surface area contributed by atoms with Crippen molar-refractivity contribution in [2.45, 2.75) is 34.1 Å². The van der Waals surface area contributed by atoms with E-state index in [-0.39, 0.29) is 68.0 Å². The van der Waals surface area contributed by atoms with Gasteiger partial charge < -0.3 is 39.8 Å². The molecule has 3 rings (SSSR count). The number of nitrogens with one attached hydrogen (secondary N) is 3. The van der Waals surface area contributed by atoms with Gasteiger partial charge in [0.25, 0.3) is 11.8 Å². The number of halogens is 1. The van der Waals surface area contributed by atoms with Gasteiger partial charge in [0, 0.05) is 50.1 Å². The molecule has 0 radical (unpaired) electrons. The highest BCUT2D eigenvalue weighted by atomic mass is 19.1. The largest absolute Gasteiger partial charge is 0.446 e. The molecule has 1 aliphatic heterocycles. The summed E-state index contributed by atoms with van der Waals surface area (Å²) in [7, 11) is 1.57. The van der Waals surface area contributed by atoms with Crippen molar-refractivity contribution in [1.29, 1.82) is 0 Å². The molecule has 0 unspecified atom stereocenters. The fourth-order valence-corrected chi connectivity index (χ4v) is 5.11. The zero-order valence-corrected chi connectivity index (χ0v) is 27.8. The van der Waals surface area contributed by atoms with Crippen molar-refractivity contribution in [3.63, 3.8) is 0 Å². The second-order valence-electron chi connectivity index (χ2n) is 10.7. The number of carbonyl (C=O) groups excluding carboxylic acids is 4. The van der Waals surface area contributed by atoms with Gasteiger partial charge in [-0.2, -0.15) is 0 Å². The van der Waals surface area contributed by atoms with E-state index in [9.17, 15) is 23.6 Å². The number of fused-ring (bicyclic) bond motifs is 1. The van der Waals surface area contributed by atoms with Crippen LogP contribution in [-0.4, -0.2) is 113 Å². The highest BCUT2D eigenvalue weighted by molar-refractivity contribution is 6.35. The summed E-state index contributed by atoms with van der Waals surface area (Å²) >= 11 is 0. The molecule has 0 bridgehead atoms. The first-order chi connectivity index (χ1) is 22.6. The second kappa shape index (κ2) is 18.9. The van der Waals surface area contributed by atoms with Crippen molar-refractivity contribution >= 4 is 41.2 Å². The monoisotopic (exact) mass is 659 g/mol. The lowest BCUT2D eigenvalue weighted by atomic mass is 10.0. The summed E-state index contributed by atoms with van der Waals surface area (Å²) in [5, 5.41) is 8.35. The molecule has 0 saturated carbocycles. The topological polar surface area (TPSA) is 149 Å². The number of nitrogens with zero attached hydrogens (tertiary/aromatic N) is 2. The lowest BCUT2D eigenvalue weighted by molar-refractivity contribution is -0.122. The van der Waals surface area contributed by atoms with Crippen LogP contribution in [0.1, 0.15) is 53.1 Å². The van der Waals surface area contributed by atoms with E-state index in [2.05, 4.69) is 20.9 Å². The third-order valence-corrected chi connectivity index (χ3v) is 7.69. The second-order valence-corrected chi connectivity index (χ2v) is 10.7. The van der Waals surface area contributed by atoms with Gasteiger partial charge in [-0.3, -0.25) is 14.4 Å². The van der Waals surface area contributed by atoms with Crippen molar-refractivity contribution in [1.82, 2.24) is 20.1 Å². The Labute approximate surface area is 274 Å². The Balaban J connectivity index is 1.70. The fourth-order valence-electron chi connectivity index (χ4n) is 5.11. The van der Waals surface area contributed by atoms with Crippen LogP contribution in [0, 0.1) is 19.7 Å². The Morgan fingerprint density at radius 1 is 0.979 bits per heavy atom. The molecule has 0 spiro atoms. The van der Waals surface area contributed by atoms with Gasteiger partial charge in [0.2, 0.25) is 5.91 Å². The van der Waals surface area contributed by atoms with Crippen LogP contribution in [0.5, 0.6) is 0 Å². The minimum Gasteiger partial charge on any atom is -0.446 e. The Hall–Kier alpha value is -4.11. The number of aromatic nitrogens is 1. The smallest absolute Gasteiger partial charge is 0.418 e. The third-order valence-electron chi connectivity index (χ3n) is 7.69. The number of hydrogen-bond acceptors (Lipinski definition) is 9. The van der Waals surface area contributed by atoms with E-state index in [0.29, 0.717) is 48.8 Å². The van der Waals surface area contributed by atoms with Gasteiger partial charge in [0.15, 0.2) is 0 Å². The summed E-state index contributed by atoms with van der Waals surface area (Å²) in [4.78, 5) is 53.7. The fraction of sp³-hybridized carbons (Fsp3) is 0.515. The number of benzene rings is 1. The average molecular weight is 660 g/mol. The Morgan fingerprint density at radius 2 is 1.70 bits per heavy atom. The molecule has 0 atom stereocenters. The first-order valence-corrected chi connectivity index (χ1v) is 15.8. The predicted octanol–water partition coefficient (Wildman–Crippen LogP) is 2.98. The van der Waals surface area contributed by atoms with Crippen LogP contribution in [0.4, 0.5) is 14.9 Å². The molecule has 1 aromatic heterocycles. The minimum absolute atomic E-state index is 0.0607. The third kappa shape index (κ3) is 10.4. The standard InChI is InChI=1S/C33H46FN5O8/c1-6-38(7-2)13-11-36-32(42)30-22(3)28(21-26-25-20-24(34)8-9-27(25)37-31(26)41)39(23(30)4)33(43)47-19-18-46-15-12-35-29(40)10-14-45-17-16-44-5/h8-9,20-21H,6-7,10-19H2,1-5H3,(H,35,40)(H,36,42)(H,37,41)/b26-21-. The summed E-state index contributed by atoms with van der Waals surface area (Å²) in [6.45, 7) is 11.7. The van der Waals surface area contributed by atoms with Gasteiger partial charge in [-0.25, -0.2) is 13.8 Å². The van der Waals surface area contributed by atoms with Crippen LogP contribution >= 0.6 is 0 Å². The Bertz CT molecular complexity index is 1440. The first-order valence-electron chi connectivity index (χ1n) is 15.8. The number of likely N-dealkylation sites (N-methyl/N-ethyl adjacent to an activating group) is 1. The summed E-state index contributed by atoms with van der Waals surface area (Å²) in [6.07, 6.45) is 0.912. The molecular weight excluding hydrogens is 613 g/mol. The molecule has 0 aliphatic carbocycles. The van der Waals surface area contributed by atoms with Crippen LogP contribution in [0.2, 0.25) is 0 Å². The number of rotatable bonds is 19. The SMILES string of the molecule is CCN(CC)CCNC(=O)c1c(C)c(/C=C2\C(=O)Nc3ccc(F)cc32)n(C(=O)OCCOCCNC(=O)CCOCCOC)c1C. The number of amides is 3. The summed E-state index contributed by atoms with van der Waals surface area (Å²) in [5.41, 5.74) is 2.26. The van der Waals surface area contributed by atoms with Crippen LogP contribution < -0.4 is 16.0 Å². The Morgan fingerprint density at radius 3 is 2.43 bits per heavy atom. The molecule has 13 nitrogen and oxygen atoms in total. The van der Waals surface area contributed by atoms with Gasteiger partial charge in [-0.15, -0.1) is 0 Å². The highest BCUT2D eigenvalue weighted by Crippen LogP contribution is 2.35. The normalized spacial score (nSPS) is 13.2. The molecule has 2 aromatic rings. The molecule has 0 saturated heterocycles. The van der Waals surface area contributed by atoms with E-state index in [1.807, 2.05) is 13.8 Å². The molecule has 14 heteroatoms. The predicted molar refractivity (Wildman–Crippen MR) is 175 cm³/mol. The van der Waals surface area contributed by atoms with Crippen LogP contribution in [0.3, 0.4) is 0 Å². The summed E-state index contributed by atoms with van der Waals surface area (Å²) in [6, 6.07) is 3.95. The van der Waals surface area contributed by atoms with E-state index >= 15 is 0 Å².